The first-order valence-corrected chi connectivity index (χ1v) is 8.48. The molecule has 7 heteroatoms. The molecule has 0 aromatic carbocycles. The summed E-state index contributed by atoms with van der Waals surface area (Å²) in [5.41, 5.74) is 1.20. The van der Waals surface area contributed by atoms with Crippen molar-refractivity contribution in [3.05, 3.63) is 54.4 Å². The molecule has 5 rings (SSSR count). The maximum absolute atomic E-state index is 12.8. The van der Waals surface area contributed by atoms with Crippen molar-refractivity contribution < 1.29 is 9.59 Å². The zero-order valence-corrected chi connectivity index (χ0v) is 13.8. The van der Waals surface area contributed by atoms with Gasteiger partial charge in [-0.15, -0.1) is 0 Å². The molecule has 0 N–H and O–H groups in total. The minimum Gasteiger partial charge on any atom is -0.334 e. The summed E-state index contributed by atoms with van der Waals surface area (Å²) in [6.07, 6.45) is 8.00. The van der Waals surface area contributed by atoms with Gasteiger partial charge in [-0.3, -0.25) is 19.6 Å². The van der Waals surface area contributed by atoms with Gasteiger partial charge < -0.3 is 9.80 Å². The van der Waals surface area contributed by atoms with Gasteiger partial charge in [0.1, 0.15) is 5.69 Å². The van der Waals surface area contributed by atoms with Gasteiger partial charge in [0, 0.05) is 37.7 Å². The lowest BCUT2D eigenvalue weighted by Gasteiger charge is -2.35. The second-order valence-electron chi connectivity index (χ2n) is 6.52. The zero-order chi connectivity index (χ0) is 17.2. The first kappa shape index (κ1) is 15.7. The number of nitrogens with zero attached hydrogens (tertiary/aromatic N) is 5. The number of carbonyl (C=O) groups is 2. The molecule has 0 spiro atoms. The van der Waals surface area contributed by atoms with Crippen LogP contribution in [0.25, 0.3) is 0 Å². The van der Waals surface area contributed by atoms with E-state index in [0.29, 0.717) is 25.3 Å². The van der Waals surface area contributed by atoms with E-state index in [1.807, 2.05) is 23.1 Å². The molecule has 0 aliphatic carbocycles. The van der Waals surface area contributed by atoms with Gasteiger partial charge in [0.25, 0.3) is 5.91 Å². The lowest BCUT2D eigenvalue weighted by Crippen LogP contribution is -2.47. The number of carbonyl (C=O) groups excluding carboxylic acids is 2. The van der Waals surface area contributed by atoms with Crippen LogP contribution in [0.3, 0.4) is 0 Å². The van der Waals surface area contributed by atoms with E-state index in [9.17, 15) is 9.59 Å². The van der Waals surface area contributed by atoms with Crippen molar-refractivity contribution in [3.63, 3.8) is 0 Å². The summed E-state index contributed by atoms with van der Waals surface area (Å²) in [4.78, 5) is 41.6. The minimum atomic E-state index is -0.155. The Morgan fingerprint density at radius 2 is 2.04 bits per heavy atom. The van der Waals surface area contributed by atoms with E-state index in [-0.39, 0.29) is 23.8 Å². The second kappa shape index (κ2) is 6.58. The molecule has 0 unspecified atom stereocenters. The van der Waals surface area contributed by atoms with Crippen molar-refractivity contribution in [3.8, 4) is 0 Å². The third kappa shape index (κ3) is 3.09. The molecular weight excluding hydrogens is 318 g/mol. The lowest BCUT2D eigenvalue weighted by molar-refractivity contribution is -0.140. The van der Waals surface area contributed by atoms with Crippen LogP contribution in [0, 0.1) is 5.92 Å². The third-order valence-electron chi connectivity index (χ3n) is 4.92. The fourth-order valence-electron chi connectivity index (χ4n) is 3.65. The third-order valence-corrected chi connectivity index (χ3v) is 4.92. The highest BCUT2D eigenvalue weighted by atomic mass is 16.2. The number of rotatable bonds is 3. The fourth-order valence-corrected chi connectivity index (χ4v) is 3.65. The molecule has 3 fully saturated rings. The van der Waals surface area contributed by atoms with Crippen LogP contribution in [0.2, 0.25) is 0 Å². The SMILES string of the molecule is O=C(c1cnccn1)N1C[C@@H]2CC[C@H](C1)N(Cc1ccccn1)C2=O. The first-order valence-electron chi connectivity index (χ1n) is 8.48. The van der Waals surface area contributed by atoms with Crippen molar-refractivity contribution in [2.75, 3.05) is 13.1 Å². The fraction of sp³-hybridized carbons (Fsp3) is 0.389. The van der Waals surface area contributed by atoms with E-state index in [0.717, 1.165) is 18.5 Å². The van der Waals surface area contributed by atoms with E-state index >= 15 is 0 Å². The van der Waals surface area contributed by atoms with Crippen LogP contribution >= 0.6 is 0 Å². The van der Waals surface area contributed by atoms with Crippen molar-refractivity contribution in [1.29, 1.82) is 0 Å². The van der Waals surface area contributed by atoms with Crippen LogP contribution in [0.1, 0.15) is 29.0 Å². The van der Waals surface area contributed by atoms with Gasteiger partial charge >= 0.3 is 0 Å². The molecule has 3 aliphatic rings. The number of hydrogen-bond acceptors (Lipinski definition) is 5. The molecule has 25 heavy (non-hydrogen) atoms. The summed E-state index contributed by atoms with van der Waals surface area (Å²) in [7, 11) is 0. The Bertz CT molecular complexity index is 768. The predicted octanol–water partition coefficient (Wildman–Crippen LogP) is 1.13. The quantitative estimate of drug-likeness (QED) is 0.839. The topological polar surface area (TPSA) is 79.3 Å². The Morgan fingerprint density at radius 3 is 2.80 bits per heavy atom. The van der Waals surface area contributed by atoms with Crippen LogP contribution < -0.4 is 0 Å². The van der Waals surface area contributed by atoms with Crippen LogP contribution in [-0.4, -0.2) is 55.7 Å². The number of hydrogen-bond donors (Lipinski definition) is 0. The highest BCUT2D eigenvalue weighted by Crippen LogP contribution is 2.30. The molecule has 2 atom stereocenters. The van der Waals surface area contributed by atoms with Crippen LogP contribution in [0.15, 0.2) is 43.0 Å². The summed E-state index contributed by atoms with van der Waals surface area (Å²) < 4.78 is 0. The van der Waals surface area contributed by atoms with Gasteiger partial charge in [0.2, 0.25) is 5.91 Å². The molecule has 3 aliphatic heterocycles. The average Bonchev–Trinajstić information content (AvgIpc) is 2.95. The van der Waals surface area contributed by atoms with Gasteiger partial charge in [0.15, 0.2) is 0 Å². The average molecular weight is 337 g/mol. The molecule has 2 aromatic rings. The molecule has 2 bridgehead atoms. The molecular formula is C18H19N5O2. The van der Waals surface area contributed by atoms with Crippen molar-refractivity contribution >= 4 is 11.8 Å². The second-order valence-corrected chi connectivity index (χ2v) is 6.52. The maximum atomic E-state index is 12.8. The number of fused-ring (bicyclic) bond motifs is 4. The highest BCUT2D eigenvalue weighted by Gasteiger charge is 2.42. The van der Waals surface area contributed by atoms with Gasteiger partial charge in [-0.2, -0.15) is 0 Å². The zero-order valence-electron chi connectivity index (χ0n) is 13.8. The monoisotopic (exact) mass is 337 g/mol. The first-order chi connectivity index (χ1) is 12.2. The lowest BCUT2D eigenvalue weighted by atomic mass is 9.94. The Kier molecular flexibility index (Phi) is 4.13. The molecule has 2 amide bonds. The van der Waals surface area contributed by atoms with E-state index in [2.05, 4.69) is 15.0 Å². The Labute approximate surface area is 145 Å². The molecule has 7 nitrogen and oxygen atoms in total. The molecule has 5 heterocycles. The van der Waals surface area contributed by atoms with Crippen LogP contribution in [0.4, 0.5) is 0 Å². The smallest absolute Gasteiger partial charge is 0.274 e. The van der Waals surface area contributed by atoms with Crippen molar-refractivity contribution in [2.45, 2.75) is 25.4 Å². The number of pyridine rings is 1. The number of aromatic nitrogens is 3. The molecule has 3 saturated heterocycles. The van der Waals surface area contributed by atoms with Crippen molar-refractivity contribution in [2.24, 2.45) is 5.92 Å². The Hall–Kier alpha value is -2.83. The highest BCUT2D eigenvalue weighted by molar-refractivity contribution is 5.93. The van der Waals surface area contributed by atoms with Crippen LogP contribution in [-0.2, 0) is 11.3 Å². The number of amides is 2. The molecule has 2 aromatic heterocycles. The summed E-state index contributed by atoms with van der Waals surface area (Å²) in [5.74, 6) is -0.183. The van der Waals surface area contributed by atoms with E-state index in [1.54, 1.807) is 17.3 Å². The normalized spacial score (nSPS) is 22.8. The van der Waals surface area contributed by atoms with Gasteiger partial charge in [-0.05, 0) is 25.0 Å². The Balaban J connectivity index is 1.55. The molecule has 0 saturated carbocycles. The van der Waals surface area contributed by atoms with Gasteiger partial charge in [0.05, 0.1) is 24.4 Å². The predicted molar refractivity (Wildman–Crippen MR) is 89.2 cm³/mol. The standard InChI is InChI=1S/C18H19N5O2/c24-17-13-4-5-15(23(17)11-14-3-1-2-6-20-14)12-22(10-13)18(25)16-9-19-7-8-21-16/h1-3,6-9,13,15H,4-5,10-12H2/t13-,15+/m0/s1. The summed E-state index contributed by atoms with van der Waals surface area (Å²) >= 11 is 0. The minimum absolute atomic E-state index is 0.0221. The van der Waals surface area contributed by atoms with Gasteiger partial charge in [-0.25, -0.2) is 4.98 Å². The van der Waals surface area contributed by atoms with Crippen molar-refractivity contribution in [1.82, 2.24) is 24.8 Å². The van der Waals surface area contributed by atoms with E-state index in [4.69, 9.17) is 0 Å². The van der Waals surface area contributed by atoms with E-state index in [1.165, 1.54) is 12.4 Å². The van der Waals surface area contributed by atoms with Gasteiger partial charge in [-0.1, -0.05) is 6.07 Å². The summed E-state index contributed by atoms with van der Waals surface area (Å²) in [6.45, 7) is 1.47. The number of piperidine rings is 1. The molecule has 128 valence electrons. The largest absolute Gasteiger partial charge is 0.334 e. The van der Waals surface area contributed by atoms with Crippen LogP contribution in [0.5, 0.6) is 0 Å². The summed E-state index contributed by atoms with van der Waals surface area (Å²) in [5, 5.41) is 0. The Morgan fingerprint density at radius 1 is 1.12 bits per heavy atom. The summed E-state index contributed by atoms with van der Waals surface area (Å²) in [6, 6.07) is 5.73. The molecule has 0 radical (unpaired) electrons. The van der Waals surface area contributed by atoms with E-state index < -0.39 is 0 Å². The maximum Gasteiger partial charge on any atom is 0.274 e.